The molecule has 0 unspecified atom stereocenters. The van der Waals surface area contributed by atoms with Crippen molar-refractivity contribution >= 4 is 11.9 Å². The van der Waals surface area contributed by atoms with Crippen molar-refractivity contribution in [3.63, 3.8) is 0 Å². The Hall–Kier alpha value is -1.10. The molecule has 0 aromatic heterocycles. The van der Waals surface area contributed by atoms with Crippen LogP contribution in [0.2, 0.25) is 0 Å². The summed E-state index contributed by atoms with van der Waals surface area (Å²) in [5.41, 5.74) is 0. The molecule has 0 radical (unpaired) electrons. The van der Waals surface area contributed by atoms with Gasteiger partial charge in [0.15, 0.2) is 6.10 Å². The Morgan fingerprint density at radius 1 is 1.20 bits per heavy atom. The van der Waals surface area contributed by atoms with Gasteiger partial charge in [0, 0.05) is 20.3 Å². The molecule has 1 heterocycles. The summed E-state index contributed by atoms with van der Waals surface area (Å²) in [6, 6.07) is 0. The molecule has 86 valence electrons. The van der Waals surface area contributed by atoms with E-state index >= 15 is 0 Å². The summed E-state index contributed by atoms with van der Waals surface area (Å²) in [4.78, 5) is 21.7. The molecule has 0 N–H and O–H groups in total. The SMILES string of the molecule is CC(=O)O[C@H]1[C@@H](C)OCC[C@H]1OC(C)=O. The fraction of sp³-hybridized carbons (Fsp3) is 0.800. The Kier molecular flexibility index (Phi) is 4.08. The number of esters is 2. The molecule has 0 aromatic carbocycles. The first kappa shape index (κ1) is 12.0. The number of rotatable bonds is 2. The van der Waals surface area contributed by atoms with Gasteiger partial charge < -0.3 is 14.2 Å². The van der Waals surface area contributed by atoms with Crippen LogP contribution in [0.4, 0.5) is 0 Å². The van der Waals surface area contributed by atoms with Crippen molar-refractivity contribution in [3.8, 4) is 0 Å². The Morgan fingerprint density at radius 3 is 2.33 bits per heavy atom. The summed E-state index contributed by atoms with van der Waals surface area (Å²) in [5, 5.41) is 0. The minimum atomic E-state index is -0.500. The maximum atomic E-state index is 10.9. The molecule has 0 amide bonds. The molecule has 5 heteroatoms. The van der Waals surface area contributed by atoms with Crippen molar-refractivity contribution in [2.24, 2.45) is 0 Å². The van der Waals surface area contributed by atoms with Gasteiger partial charge in [-0.1, -0.05) is 0 Å². The second kappa shape index (κ2) is 5.11. The fourth-order valence-electron chi connectivity index (χ4n) is 1.63. The highest BCUT2D eigenvalue weighted by Crippen LogP contribution is 2.20. The average Bonchev–Trinajstić information content (AvgIpc) is 2.09. The first-order chi connectivity index (χ1) is 7.00. The Balaban J connectivity index is 2.63. The number of hydrogen-bond donors (Lipinski definition) is 0. The van der Waals surface area contributed by atoms with E-state index in [4.69, 9.17) is 14.2 Å². The quantitative estimate of drug-likeness (QED) is 0.634. The highest BCUT2D eigenvalue weighted by atomic mass is 16.6. The Labute approximate surface area is 88.7 Å². The fourth-order valence-corrected chi connectivity index (χ4v) is 1.63. The lowest BCUT2D eigenvalue weighted by molar-refractivity contribution is -0.190. The van der Waals surface area contributed by atoms with Crippen LogP contribution in [0.3, 0.4) is 0 Å². The summed E-state index contributed by atoms with van der Waals surface area (Å²) in [7, 11) is 0. The smallest absolute Gasteiger partial charge is 0.303 e. The van der Waals surface area contributed by atoms with Gasteiger partial charge in [0.25, 0.3) is 0 Å². The van der Waals surface area contributed by atoms with E-state index in [-0.39, 0.29) is 12.1 Å². The molecular weight excluding hydrogens is 200 g/mol. The zero-order valence-electron chi connectivity index (χ0n) is 9.19. The molecular formula is C10H16O5. The van der Waals surface area contributed by atoms with E-state index in [9.17, 15) is 9.59 Å². The van der Waals surface area contributed by atoms with Crippen LogP contribution in [0.15, 0.2) is 0 Å². The lowest BCUT2D eigenvalue weighted by Gasteiger charge is -2.34. The molecule has 5 nitrogen and oxygen atoms in total. The second-order valence-electron chi connectivity index (χ2n) is 3.59. The van der Waals surface area contributed by atoms with E-state index < -0.39 is 18.2 Å². The molecule has 0 bridgehead atoms. The first-order valence-electron chi connectivity index (χ1n) is 4.96. The van der Waals surface area contributed by atoms with E-state index in [0.717, 1.165) is 0 Å². The minimum Gasteiger partial charge on any atom is -0.458 e. The van der Waals surface area contributed by atoms with Crippen LogP contribution < -0.4 is 0 Å². The van der Waals surface area contributed by atoms with Gasteiger partial charge >= 0.3 is 11.9 Å². The topological polar surface area (TPSA) is 61.8 Å². The van der Waals surface area contributed by atoms with Crippen LogP contribution in [0, 0.1) is 0 Å². The van der Waals surface area contributed by atoms with Crippen LogP contribution in [-0.4, -0.2) is 36.9 Å². The molecule has 1 aliphatic rings. The molecule has 0 saturated carbocycles. The second-order valence-corrected chi connectivity index (χ2v) is 3.59. The molecule has 0 spiro atoms. The predicted octanol–water partition coefficient (Wildman–Crippen LogP) is 0.659. The van der Waals surface area contributed by atoms with Crippen molar-refractivity contribution in [3.05, 3.63) is 0 Å². The van der Waals surface area contributed by atoms with Crippen LogP contribution >= 0.6 is 0 Å². The summed E-state index contributed by atoms with van der Waals surface area (Å²) in [5.74, 6) is -0.763. The molecule has 0 aromatic rings. The lowest BCUT2D eigenvalue weighted by atomic mass is 10.0. The largest absolute Gasteiger partial charge is 0.458 e. The van der Waals surface area contributed by atoms with Crippen LogP contribution in [0.5, 0.6) is 0 Å². The van der Waals surface area contributed by atoms with Gasteiger partial charge in [0.1, 0.15) is 6.10 Å². The highest BCUT2D eigenvalue weighted by molar-refractivity contribution is 5.67. The van der Waals surface area contributed by atoms with E-state index in [2.05, 4.69) is 0 Å². The number of hydrogen-bond acceptors (Lipinski definition) is 5. The third-order valence-electron chi connectivity index (χ3n) is 2.23. The van der Waals surface area contributed by atoms with Crippen molar-refractivity contribution in [1.82, 2.24) is 0 Å². The van der Waals surface area contributed by atoms with Crippen molar-refractivity contribution in [2.75, 3.05) is 6.61 Å². The lowest BCUT2D eigenvalue weighted by Crippen LogP contribution is -2.47. The molecule has 0 aliphatic carbocycles. The average molecular weight is 216 g/mol. The number of carbonyl (C=O) groups is 2. The van der Waals surface area contributed by atoms with E-state index in [0.29, 0.717) is 13.0 Å². The van der Waals surface area contributed by atoms with Crippen molar-refractivity contribution < 1.29 is 23.8 Å². The molecule has 1 aliphatic heterocycles. The van der Waals surface area contributed by atoms with Crippen LogP contribution in [-0.2, 0) is 23.8 Å². The van der Waals surface area contributed by atoms with Gasteiger partial charge in [-0.25, -0.2) is 0 Å². The van der Waals surface area contributed by atoms with Gasteiger partial charge in [0.05, 0.1) is 12.7 Å². The number of ether oxygens (including phenoxy) is 3. The first-order valence-corrected chi connectivity index (χ1v) is 4.96. The predicted molar refractivity (Wildman–Crippen MR) is 51.1 cm³/mol. The zero-order valence-corrected chi connectivity index (χ0v) is 9.19. The summed E-state index contributed by atoms with van der Waals surface area (Å²) in [6.45, 7) is 4.97. The van der Waals surface area contributed by atoms with Gasteiger partial charge in [-0.05, 0) is 6.92 Å². The van der Waals surface area contributed by atoms with Crippen LogP contribution in [0.25, 0.3) is 0 Å². The van der Waals surface area contributed by atoms with E-state index in [1.165, 1.54) is 13.8 Å². The Bertz CT molecular complexity index is 250. The van der Waals surface area contributed by atoms with Crippen LogP contribution in [0.1, 0.15) is 27.2 Å². The molecule has 15 heavy (non-hydrogen) atoms. The zero-order chi connectivity index (χ0) is 11.4. The third kappa shape index (κ3) is 3.51. The van der Waals surface area contributed by atoms with Gasteiger partial charge in [-0.3, -0.25) is 9.59 Å². The van der Waals surface area contributed by atoms with E-state index in [1.54, 1.807) is 6.92 Å². The Morgan fingerprint density at radius 2 is 1.80 bits per heavy atom. The minimum absolute atomic E-state index is 0.244. The molecule has 1 fully saturated rings. The maximum absolute atomic E-state index is 10.9. The highest BCUT2D eigenvalue weighted by Gasteiger charge is 2.36. The van der Waals surface area contributed by atoms with E-state index in [1.807, 2.05) is 0 Å². The number of carbonyl (C=O) groups excluding carboxylic acids is 2. The van der Waals surface area contributed by atoms with Gasteiger partial charge in [-0.15, -0.1) is 0 Å². The summed E-state index contributed by atoms with van der Waals surface area (Å²) >= 11 is 0. The molecule has 1 saturated heterocycles. The van der Waals surface area contributed by atoms with Crippen molar-refractivity contribution in [1.29, 1.82) is 0 Å². The van der Waals surface area contributed by atoms with Crippen molar-refractivity contribution in [2.45, 2.75) is 45.5 Å². The standard InChI is InChI=1S/C10H16O5/c1-6-10(15-8(3)12)9(4-5-13-6)14-7(2)11/h6,9-10H,4-5H2,1-3H3/t6-,9-,10+/m1/s1. The van der Waals surface area contributed by atoms with Gasteiger partial charge in [-0.2, -0.15) is 0 Å². The summed E-state index contributed by atoms with van der Waals surface area (Å²) < 4.78 is 15.5. The molecule has 3 atom stereocenters. The third-order valence-corrected chi connectivity index (χ3v) is 2.23. The maximum Gasteiger partial charge on any atom is 0.303 e. The normalized spacial score (nSPS) is 30.7. The molecule has 1 rings (SSSR count). The monoisotopic (exact) mass is 216 g/mol. The summed E-state index contributed by atoms with van der Waals surface area (Å²) in [6.07, 6.45) is -0.579. The van der Waals surface area contributed by atoms with Gasteiger partial charge in [0.2, 0.25) is 0 Å².